The summed E-state index contributed by atoms with van der Waals surface area (Å²) in [6.07, 6.45) is 1.74. The van der Waals surface area contributed by atoms with Crippen LogP contribution in [0.1, 0.15) is 58.5 Å². The van der Waals surface area contributed by atoms with E-state index in [0.717, 1.165) is 40.9 Å². The molecule has 1 heterocycles. The van der Waals surface area contributed by atoms with Crippen LogP contribution in [0, 0.1) is 26.6 Å². The van der Waals surface area contributed by atoms with Crippen LogP contribution in [0.3, 0.4) is 0 Å². The maximum atomic E-state index is 12.6. The lowest BCUT2D eigenvalue weighted by Gasteiger charge is -2.23. The van der Waals surface area contributed by atoms with Crippen molar-refractivity contribution in [3.8, 4) is 11.1 Å². The van der Waals surface area contributed by atoms with Gasteiger partial charge in [-0.2, -0.15) is 0 Å². The first-order chi connectivity index (χ1) is 17.7. The monoisotopic (exact) mass is 507 g/mol. The minimum atomic E-state index is -0.924. The van der Waals surface area contributed by atoms with E-state index in [2.05, 4.69) is 4.90 Å². The number of carbonyl (C=O) groups is 1. The van der Waals surface area contributed by atoms with Crippen molar-refractivity contribution in [1.29, 1.82) is 0 Å². The SMILES string of the molecule is Cc1cc(C(=O)O)ccc1-c1ccccc1C(C)OCC(O)CN1CCCC1.Cc1ccc(C)c(F)c1. The number of carboxylic acids is 1. The standard InChI is InChI=1S/C23H29NO4.C8H9F/c1-16-13-18(23(26)27)9-10-20(16)22-8-4-3-7-21(22)17(2)28-15-19(25)14-24-11-5-6-12-24;1-6-3-4-7(2)8(9)5-6/h3-4,7-10,13,17,19,25H,5-6,11-12,14-15H2,1-2H3,(H,26,27);3-5H,1-2H3. The van der Waals surface area contributed by atoms with Gasteiger partial charge in [0.25, 0.3) is 0 Å². The Morgan fingerprint density at radius 1 is 0.973 bits per heavy atom. The van der Waals surface area contributed by atoms with Crippen molar-refractivity contribution < 1.29 is 24.1 Å². The molecule has 0 saturated carbocycles. The molecule has 2 atom stereocenters. The Bertz CT molecular complexity index is 1190. The van der Waals surface area contributed by atoms with Crippen LogP contribution < -0.4 is 0 Å². The molecular formula is C31H38FNO4. The zero-order chi connectivity index (χ0) is 26.9. The van der Waals surface area contributed by atoms with E-state index >= 15 is 0 Å². The van der Waals surface area contributed by atoms with Crippen LogP contribution in [-0.2, 0) is 4.74 Å². The molecule has 0 aliphatic carbocycles. The molecule has 1 aliphatic heterocycles. The van der Waals surface area contributed by atoms with Crippen LogP contribution in [0.25, 0.3) is 11.1 Å². The Labute approximate surface area is 219 Å². The first kappa shape index (κ1) is 28.5. The Morgan fingerprint density at radius 3 is 2.30 bits per heavy atom. The van der Waals surface area contributed by atoms with Gasteiger partial charge in [-0.3, -0.25) is 0 Å². The number of carboxylic acid groups (broad SMARTS) is 1. The smallest absolute Gasteiger partial charge is 0.335 e. The van der Waals surface area contributed by atoms with E-state index in [1.807, 2.05) is 57.2 Å². The molecule has 3 aromatic carbocycles. The van der Waals surface area contributed by atoms with Gasteiger partial charge in [-0.05, 0) is 105 Å². The van der Waals surface area contributed by atoms with Gasteiger partial charge in [0.2, 0.25) is 0 Å². The van der Waals surface area contributed by atoms with Crippen molar-refractivity contribution in [2.45, 2.75) is 52.7 Å². The van der Waals surface area contributed by atoms with Gasteiger partial charge in [0.05, 0.1) is 24.4 Å². The van der Waals surface area contributed by atoms with Crippen LogP contribution in [0.2, 0.25) is 0 Å². The highest BCUT2D eigenvalue weighted by molar-refractivity contribution is 5.89. The molecule has 6 heteroatoms. The molecule has 1 saturated heterocycles. The Kier molecular flexibility index (Phi) is 10.4. The molecule has 0 spiro atoms. The van der Waals surface area contributed by atoms with Gasteiger partial charge in [0.1, 0.15) is 5.82 Å². The molecule has 0 radical (unpaired) electrons. The predicted molar refractivity (Wildman–Crippen MR) is 145 cm³/mol. The predicted octanol–water partition coefficient (Wildman–Crippen LogP) is 6.34. The largest absolute Gasteiger partial charge is 0.478 e. The van der Waals surface area contributed by atoms with Gasteiger partial charge in [0, 0.05) is 6.54 Å². The zero-order valence-corrected chi connectivity index (χ0v) is 22.2. The Morgan fingerprint density at radius 2 is 1.68 bits per heavy atom. The maximum absolute atomic E-state index is 12.6. The first-order valence-electron chi connectivity index (χ1n) is 12.8. The van der Waals surface area contributed by atoms with E-state index < -0.39 is 12.1 Å². The lowest BCUT2D eigenvalue weighted by molar-refractivity contribution is -0.0131. The molecule has 1 fully saturated rings. The minimum absolute atomic E-state index is 0.116. The number of benzene rings is 3. The summed E-state index contributed by atoms with van der Waals surface area (Å²) in [6, 6.07) is 18.4. The lowest BCUT2D eigenvalue weighted by atomic mass is 9.92. The normalized spacial score (nSPS) is 15.1. The van der Waals surface area contributed by atoms with Crippen LogP contribution >= 0.6 is 0 Å². The van der Waals surface area contributed by atoms with Gasteiger partial charge < -0.3 is 19.8 Å². The molecule has 0 aromatic heterocycles. The summed E-state index contributed by atoms with van der Waals surface area (Å²) >= 11 is 0. The number of aromatic carboxylic acids is 1. The highest BCUT2D eigenvalue weighted by Crippen LogP contribution is 2.32. The summed E-state index contributed by atoms with van der Waals surface area (Å²) in [6.45, 7) is 10.6. The molecule has 4 rings (SSSR count). The third-order valence-electron chi connectivity index (χ3n) is 6.70. The van der Waals surface area contributed by atoms with Crippen molar-refractivity contribution in [2.24, 2.45) is 0 Å². The number of likely N-dealkylation sites (tertiary alicyclic amines) is 1. The van der Waals surface area contributed by atoms with Crippen LogP contribution in [-0.4, -0.2) is 53.4 Å². The van der Waals surface area contributed by atoms with E-state index in [0.29, 0.717) is 18.7 Å². The van der Waals surface area contributed by atoms with Gasteiger partial charge in [-0.25, -0.2) is 9.18 Å². The van der Waals surface area contributed by atoms with Crippen molar-refractivity contribution in [2.75, 3.05) is 26.2 Å². The topological polar surface area (TPSA) is 70.0 Å². The highest BCUT2D eigenvalue weighted by atomic mass is 19.1. The summed E-state index contributed by atoms with van der Waals surface area (Å²) in [5.74, 6) is -1.04. The van der Waals surface area contributed by atoms with Crippen LogP contribution in [0.4, 0.5) is 4.39 Å². The molecule has 3 aromatic rings. The molecule has 0 bridgehead atoms. The number of aliphatic hydroxyl groups is 1. The van der Waals surface area contributed by atoms with Gasteiger partial charge >= 0.3 is 5.97 Å². The fraction of sp³-hybridized carbons (Fsp3) is 0.387. The van der Waals surface area contributed by atoms with E-state index in [9.17, 15) is 19.4 Å². The van der Waals surface area contributed by atoms with Crippen molar-refractivity contribution in [1.82, 2.24) is 4.90 Å². The van der Waals surface area contributed by atoms with E-state index in [-0.39, 0.29) is 17.5 Å². The van der Waals surface area contributed by atoms with E-state index in [1.165, 1.54) is 18.9 Å². The minimum Gasteiger partial charge on any atom is -0.478 e. The summed E-state index contributed by atoms with van der Waals surface area (Å²) in [4.78, 5) is 13.5. The van der Waals surface area contributed by atoms with Crippen LogP contribution in [0.15, 0.2) is 60.7 Å². The number of aryl methyl sites for hydroxylation is 3. The third kappa shape index (κ3) is 8.22. The summed E-state index contributed by atoms with van der Waals surface area (Å²) in [7, 11) is 0. The molecule has 198 valence electrons. The van der Waals surface area contributed by atoms with E-state index in [4.69, 9.17) is 4.74 Å². The molecule has 37 heavy (non-hydrogen) atoms. The number of halogens is 1. The fourth-order valence-corrected chi connectivity index (χ4v) is 4.55. The van der Waals surface area contributed by atoms with Gasteiger partial charge in [0.15, 0.2) is 0 Å². The number of β-amino-alcohol motifs (C(OH)–C–C–N with tert-alkyl or cyclic N) is 1. The average molecular weight is 508 g/mol. The number of nitrogens with zero attached hydrogens (tertiary/aromatic N) is 1. The molecule has 2 N–H and O–H groups in total. The quantitative estimate of drug-likeness (QED) is 0.372. The third-order valence-corrected chi connectivity index (χ3v) is 6.70. The highest BCUT2D eigenvalue weighted by Gasteiger charge is 2.19. The number of rotatable bonds is 8. The van der Waals surface area contributed by atoms with Crippen molar-refractivity contribution >= 4 is 5.97 Å². The number of hydrogen-bond donors (Lipinski definition) is 2. The maximum Gasteiger partial charge on any atom is 0.335 e. The first-order valence-corrected chi connectivity index (χ1v) is 12.8. The second-order valence-corrected chi connectivity index (χ2v) is 9.81. The second kappa shape index (κ2) is 13.5. The number of hydrogen-bond acceptors (Lipinski definition) is 4. The van der Waals surface area contributed by atoms with Crippen LogP contribution in [0.5, 0.6) is 0 Å². The lowest BCUT2D eigenvalue weighted by Crippen LogP contribution is -2.33. The number of ether oxygens (including phenoxy) is 1. The second-order valence-electron chi connectivity index (χ2n) is 9.81. The van der Waals surface area contributed by atoms with E-state index in [1.54, 1.807) is 25.1 Å². The summed E-state index contributed by atoms with van der Waals surface area (Å²) in [5.41, 5.74) is 5.93. The zero-order valence-electron chi connectivity index (χ0n) is 22.2. The molecule has 2 unspecified atom stereocenters. The van der Waals surface area contributed by atoms with Crippen molar-refractivity contribution in [3.63, 3.8) is 0 Å². The Balaban J connectivity index is 0.000000356. The van der Waals surface area contributed by atoms with Gasteiger partial charge in [-0.15, -0.1) is 0 Å². The summed E-state index contributed by atoms with van der Waals surface area (Å²) < 4.78 is 18.6. The molecule has 0 amide bonds. The van der Waals surface area contributed by atoms with Gasteiger partial charge in [-0.1, -0.05) is 42.5 Å². The molecular weight excluding hydrogens is 469 g/mol. The number of aliphatic hydroxyl groups excluding tert-OH is 1. The fourth-order valence-electron chi connectivity index (χ4n) is 4.55. The average Bonchev–Trinajstić information content (AvgIpc) is 3.38. The van der Waals surface area contributed by atoms with Crippen molar-refractivity contribution in [3.05, 3.63) is 94.3 Å². The summed E-state index contributed by atoms with van der Waals surface area (Å²) in [5, 5.41) is 19.5. The molecule has 5 nitrogen and oxygen atoms in total. The molecule has 1 aliphatic rings. The Hall–Kier alpha value is -3.06.